The molecule has 45 heavy (non-hydrogen) atoms. The number of carbonyl (C=O) groups is 3. The first kappa shape index (κ1) is 38.2. The number of rotatable bonds is 14. The van der Waals surface area contributed by atoms with Gasteiger partial charge in [0.05, 0.1) is 6.10 Å². The molecule has 0 saturated carbocycles. The van der Waals surface area contributed by atoms with Gasteiger partial charge in [0.15, 0.2) is 8.32 Å². The van der Waals surface area contributed by atoms with Crippen LogP contribution >= 0.6 is 0 Å². The number of hydrogen-bond donors (Lipinski definition) is 3. The Morgan fingerprint density at radius 1 is 0.800 bits per heavy atom. The smallest absolute Gasteiger partial charge is 0.408 e. The van der Waals surface area contributed by atoms with Gasteiger partial charge in [-0.3, -0.25) is 14.9 Å². The molecule has 9 heteroatoms. The van der Waals surface area contributed by atoms with Crippen LogP contribution in [0.15, 0.2) is 60.7 Å². The largest absolute Gasteiger partial charge is 0.444 e. The summed E-state index contributed by atoms with van der Waals surface area (Å²) >= 11 is 0. The maximum absolute atomic E-state index is 14.0. The number of alkyl carbamates (subject to hydrolysis) is 1. The highest BCUT2D eigenvalue weighted by Crippen LogP contribution is 2.38. The van der Waals surface area contributed by atoms with E-state index < -0.39 is 49.9 Å². The van der Waals surface area contributed by atoms with Crippen molar-refractivity contribution in [3.63, 3.8) is 0 Å². The molecular formula is C36H57N3O5Si. The minimum Gasteiger partial charge on any atom is -0.444 e. The Balaban J connectivity index is 2.39. The van der Waals surface area contributed by atoms with E-state index in [1.807, 2.05) is 74.5 Å². The fraction of sp³-hybridized carbons (Fsp3) is 0.583. The predicted octanol–water partition coefficient (Wildman–Crippen LogP) is 6.78. The van der Waals surface area contributed by atoms with Crippen LogP contribution in [-0.2, 0) is 31.6 Å². The minimum atomic E-state index is -2.29. The third-order valence-electron chi connectivity index (χ3n) is 8.22. The van der Waals surface area contributed by atoms with Crippen molar-refractivity contribution in [3.8, 4) is 0 Å². The first-order valence-electron chi connectivity index (χ1n) is 16.1. The topological polar surface area (TPSA) is 120 Å². The van der Waals surface area contributed by atoms with Gasteiger partial charge >= 0.3 is 6.09 Å². The summed E-state index contributed by atoms with van der Waals surface area (Å²) in [5.74, 6) is -1.49. The predicted molar refractivity (Wildman–Crippen MR) is 184 cm³/mol. The Bertz CT molecular complexity index is 1220. The maximum Gasteiger partial charge on any atom is 0.408 e. The molecule has 0 spiro atoms. The van der Waals surface area contributed by atoms with Crippen LogP contribution in [0.4, 0.5) is 4.79 Å². The summed E-state index contributed by atoms with van der Waals surface area (Å²) in [6, 6.07) is 18.5. The molecule has 4 N–H and O–H groups in total. The van der Waals surface area contributed by atoms with Crippen LogP contribution in [-0.4, -0.2) is 50.0 Å². The number of imide groups is 1. The van der Waals surface area contributed by atoms with Gasteiger partial charge in [-0.1, -0.05) is 95.3 Å². The number of nitrogens with one attached hydrogen (secondary N) is 2. The molecule has 2 aromatic rings. The van der Waals surface area contributed by atoms with Crippen LogP contribution in [0.2, 0.25) is 18.1 Å². The minimum absolute atomic E-state index is 0.0672. The van der Waals surface area contributed by atoms with E-state index in [4.69, 9.17) is 14.9 Å². The third kappa shape index (κ3) is 13.5. The van der Waals surface area contributed by atoms with Gasteiger partial charge in [-0.05, 0) is 81.6 Å². The van der Waals surface area contributed by atoms with Gasteiger partial charge in [0.2, 0.25) is 11.8 Å². The van der Waals surface area contributed by atoms with E-state index in [-0.39, 0.29) is 17.0 Å². The maximum atomic E-state index is 14.0. The van der Waals surface area contributed by atoms with Gasteiger partial charge < -0.3 is 20.2 Å². The normalized spacial score (nSPS) is 15.1. The lowest BCUT2D eigenvalue weighted by Crippen LogP contribution is -2.53. The van der Waals surface area contributed by atoms with Gasteiger partial charge in [-0.25, -0.2) is 4.79 Å². The molecule has 0 bridgehead atoms. The monoisotopic (exact) mass is 639 g/mol. The van der Waals surface area contributed by atoms with Crippen molar-refractivity contribution in [1.82, 2.24) is 10.6 Å². The van der Waals surface area contributed by atoms with Crippen molar-refractivity contribution in [1.29, 1.82) is 0 Å². The summed E-state index contributed by atoms with van der Waals surface area (Å²) in [5.41, 5.74) is 8.23. The molecule has 0 fully saturated rings. The fourth-order valence-corrected chi connectivity index (χ4v) is 6.19. The number of hydrogen-bond acceptors (Lipinski definition) is 6. The van der Waals surface area contributed by atoms with Crippen LogP contribution in [0, 0.1) is 11.8 Å². The highest BCUT2D eigenvalue weighted by atomic mass is 28.4. The molecule has 2 rings (SSSR count). The highest BCUT2D eigenvalue weighted by molar-refractivity contribution is 6.74. The van der Waals surface area contributed by atoms with E-state index in [9.17, 15) is 14.4 Å². The van der Waals surface area contributed by atoms with E-state index in [1.54, 1.807) is 20.8 Å². The summed E-state index contributed by atoms with van der Waals surface area (Å²) in [7, 11) is -2.29. The Morgan fingerprint density at radius 2 is 1.31 bits per heavy atom. The lowest BCUT2D eigenvalue weighted by Gasteiger charge is -2.41. The van der Waals surface area contributed by atoms with Gasteiger partial charge in [0.1, 0.15) is 11.6 Å². The third-order valence-corrected chi connectivity index (χ3v) is 12.7. The summed E-state index contributed by atoms with van der Waals surface area (Å²) in [4.78, 5) is 40.1. The highest BCUT2D eigenvalue weighted by Gasteiger charge is 2.41. The molecule has 0 aliphatic rings. The summed E-state index contributed by atoms with van der Waals surface area (Å²) < 4.78 is 12.3. The summed E-state index contributed by atoms with van der Waals surface area (Å²) in [6.07, 6.45) is 0.556. The van der Waals surface area contributed by atoms with E-state index in [1.165, 1.54) is 0 Å². The van der Waals surface area contributed by atoms with Gasteiger partial charge in [0.25, 0.3) is 0 Å². The molecule has 8 nitrogen and oxygen atoms in total. The summed E-state index contributed by atoms with van der Waals surface area (Å²) in [6.45, 7) is 20.1. The number of amides is 3. The van der Waals surface area contributed by atoms with Crippen molar-refractivity contribution in [2.45, 2.75) is 123 Å². The molecule has 4 atom stereocenters. The zero-order valence-electron chi connectivity index (χ0n) is 29.1. The number of ether oxygens (including phenoxy) is 1. The molecular weight excluding hydrogens is 582 g/mol. The molecule has 0 saturated heterocycles. The van der Waals surface area contributed by atoms with Gasteiger partial charge in [-0.2, -0.15) is 0 Å². The number of carbonyl (C=O) groups excluding carboxylic acids is 3. The Labute approximate surface area is 272 Å². The molecule has 0 aromatic heterocycles. The first-order chi connectivity index (χ1) is 20.8. The molecule has 0 radical (unpaired) electrons. The van der Waals surface area contributed by atoms with Crippen molar-refractivity contribution in [2.24, 2.45) is 17.6 Å². The standard InChI is InChI=1S/C36H57N3O5Si/c1-25(2)21-30(38-34(42)43-35(3,4)5)33(41)39-32(40)28(22-26-17-13-11-14-18-26)24-31(44-45(9,10)36(6,7)8)29(37)23-27-19-15-12-16-20-27/h11-20,25,28-31H,21-24,37H2,1-10H3,(H,38,42)(H,39,40,41)/t28-,29+,30?,31+/m1/s1. The molecule has 3 amide bonds. The molecule has 2 aromatic carbocycles. The second-order valence-electron chi connectivity index (χ2n) is 15.1. The van der Waals surface area contributed by atoms with Crippen LogP contribution in [0.3, 0.4) is 0 Å². The van der Waals surface area contributed by atoms with Gasteiger partial charge in [0, 0.05) is 12.0 Å². The van der Waals surface area contributed by atoms with Crippen LogP contribution in [0.5, 0.6) is 0 Å². The Morgan fingerprint density at radius 3 is 1.78 bits per heavy atom. The van der Waals surface area contributed by atoms with Crippen LogP contribution < -0.4 is 16.4 Å². The number of nitrogens with two attached hydrogens (primary N) is 1. The average molecular weight is 640 g/mol. The quantitative estimate of drug-likeness (QED) is 0.196. The second-order valence-corrected chi connectivity index (χ2v) is 19.8. The van der Waals surface area contributed by atoms with E-state index in [0.29, 0.717) is 25.7 Å². The first-order valence-corrected chi connectivity index (χ1v) is 19.0. The van der Waals surface area contributed by atoms with Crippen molar-refractivity contribution >= 4 is 26.2 Å². The second kappa shape index (κ2) is 16.5. The van der Waals surface area contributed by atoms with Gasteiger partial charge in [-0.15, -0.1) is 0 Å². The van der Waals surface area contributed by atoms with Crippen LogP contribution in [0.1, 0.15) is 79.4 Å². The van der Waals surface area contributed by atoms with E-state index >= 15 is 0 Å². The van der Waals surface area contributed by atoms with Crippen molar-refractivity contribution in [3.05, 3.63) is 71.8 Å². The molecule has 0 heterocycles. The zero-order chi connectivity index (χ0) is 34.0. The molecule has 0 aliphatic carbocycles. The Hall–Kier alpha value is -3.01. The zero-order valence-corrected chi connectivity index (χ0v) is 30.1. The Kier molecular flexibility index (Phi) is 14.0. The molecule has 250 valence electrons. The van der Waals surface area contributed by atoms with Crippen molar-refractivity contribution < 1.29 is 23.5 Å². The molecule has 1 unspecified atom stereocenters. The summed E-state index contributed by atoms with van der Waals surface area (Å²) in [5, 5.41) is 5.23. The fourth-order valence-electron chi connectivity index (χ4n) is 4.81. The van der Waals surface area contributed by atoms with E-state index in [2.05, 4.69) is 44.5 Å². The van der Waals surface area contributed by atoms with E-state index in [0.717, 1.165) is 11.1 Å². The average Bonchev–Trinajstić information content (AvgIpc) is 2.91. The molecule has 0 aliphatic heterocycles. The SMILES string of the molecule is CC(C)CC(NC(=O)OC(C)(C)C)C(=O)NC(=O)[C@H](Cc1ccccc1)C[C@H](O[Si](C)(C)C(C)(C)C)[C@@H](N)Cc1ccccc1. The lowest BCUT2D eigenvalue weighted by atomic mass is 9.89. The van der Waals surface area contributed by atoms with Crippen LogP contribution in [0.25, 0.3) is 0 Å². The lowest BCUT2D eigenvalue weighted by molar-refractivity contribution is -0.134. The van der Waals surface area contributed by atoms with Crippen molar-refractivity contribution in [2.75, 3.05) is 0 Å². The number of benzene rings is 2.